The second-order valence-corrected chi connectivity index (χ2v) is 13.6. The molecule has 0 bridgehead atoms. The van der Waals surface area contributed by atoms with E-state index in [1.807, 2.05) is 13.8 Å². The fraction of sp³-hybridized carbons (Fsp3) is 0.833. The zero-order valence-corrected chi connectivity index (χ0v) is 16.7. The first-order chi connectivity index (χ1) is 10.4. The van der Waals surface area contributed by atoms with Crippen molar-refractivity contribution in [3.8, 4) is 0 Å². The van der Waals surface area contributed by atoms with Crippen molar-refractivity contribution in [2.75, 3.05) is 13.2 Å². The summed E-state index contributed by atoms with van der Waals surface area (Å²) >= 11 is 0. The summed E-state index contributed by atoms with van der Waals surface area (Å²) < 4.78 is 18.4. The minimum Gasteiger partial charge on any atom is -0.547 e. The molecule has 2 aliphatic rings. The number of allylic oxidation sites excluding steroid dienone is 1. The number of carbonyl (C=O) groups excluding carboxylic acids is 1. The van der Waals surface area contributed by atoms with Crippen LogP contribution >= 0.6 is 0 Å². The molecule has 0 N–H and O–H groups in total. The van der Waals surface area contributed by atoms with Crippen molar-refractivity contribution in [2.24, 2.45) is 11.3 Å². The lowest BCUT2D eigenvalue weighted by atomic mass is 9.71. The van der Waals surface area contributed by atoms with Gasteiger partial charge in [0.05, 0.1) is 19.0 Å². The highest BCUT2D eigenvalue weighted by atomic mass is 28.4. The van der Waals surface area contributed by atoms with E-state index >= 15 is 0 Å². The lowest BCUT2D eigenvalue weighted by molar-refractivity contribution is -0.212. The average molecular weight is 341 g/mol. The van der Waals surface area contributed by atoms with Crippen molar-refractivity contribution in [3.63, 3.8) is 0 Å². The lowest BCUT2D eigenvalue weighted by Crippen LogP contribution is -2.49. The fourth-order valence-corrected chi connectivity index (χ4v) is 4.20. The predicted octanol–water partition coefficient (Wildman–Crippen LogP) is 4.27. The summed E-state index contributed by atoms with van der Waals surface area (Å²) in [5.41, 5.74) is -0.549. The van der Waals surface area contributed by atoms with Crippen LogP contribution in [0, 0.1) is 11.3 Å². The summed E-state index contributed by atoms with van der Waals surface area (Å²) in [4.78, 5) is 11.6. The zero-order valence-electron chi connectivity index (χ0n) is 15.7. The van der Waals surface area contributed by atoms with Gasteiger partial charge in [0.25, 0.3) is 0 Å². The third-order valence-electron chi connectivity index (χ3n) is 5.62. The van der Waals surface area contributed by atoms with E-state index in [2.05, 4.69) is 39.9 Å². The Bertz CT molecular complexity index is 482. The van der Waals surface area contributed by atoms with Crippen LogP contribution in [0.2, 0.25) is 18.1 Å². The first-order valence-electron chi connectivity index (χ1n) is 8.57. The number of carbonyl (C=O) groups is 1. The largest absolute Gasteiger partial charge is 0.547 e. The first-order valence-corrected chi connectivity index (χ1v) is 11.5. The summed E-state index contributed by atoms with van der Waals surface area (Å²) in [7, 11) is -1.88. The Labute approximate surface area is 141 Å². The van der Waals surface area contributed by atoms with Gasteiger partial charge in [-0.3, -0.25) is 0 Å². The highest BCUT2D eigenvalue weighted by Crippen LogP contribution is 2.48. The highest BCUT2D eigenvalue weighted by molar-refractivity contribution is 6.74. The number of rotatable bonds is 4. The molecule has 2 rings (SSSR count). The van der Waals surface area contributed by atoms with E-state index < -0.39 is 19.5 Å². The summed E-state index contributed by atoms with van der Waals surface area (Å²) in [6, 6.07) is 0. The molecule has 0 aromatic heterocycles. The fourth-order valence-electron chi connectivity index (χ4n) is 3.06. The summed E-state index contributed by atoms with van der Waals surface area (Å²) in [6.45, 7) is 16.3. The van der Waals surface area contributed by atoms with Gasteiger partial charge in [0.1, 0.15) is 6.29 Å². The van der Waals surface area contributed by atoms with Gasteiger partial charge in [-0.25, -0.2) is 0 Å². The lowest BCUT2D eigenvalue weighted by Gasteiger charge is -2.45. The van der Waals surface area contributed by atoms with E-state index in [1.54, 1.807) is 0 Å². The minimum absolute atomic E-state index is 0.122. The minimum atomic E-state index is -1.88. The van der Waals surface area contributed by atoms with Crippen LogP contribution in [0.1, 0.15) is 47.5 Å². The van der Waals surface area contributed by atoms with Crippen LogP contribution in [0.4, 0.5) is 0 Å². The molecule has 1 unspecified atom stereocenters. The van der Waals surface area contributed by atoms with E-state index in [4.69, 9.17) is 13.9 Å². The van der Waals surface area contributed by atoms with Gasteiger partial charge >= 0.3 is 0 Å². The molecule has 1 atom stereocenters. The molecule has 1 aliphatic heterocycles. The van der Waals surface area contributed by atoms with Gasteiger partial charge < -0.3 is 18.7 Å². The maximum Gasteiger partial charge on any atom is 0.250 e. The van der Waals surface area contributed by atoms with Crippen LogP contribution in [-0.4, -0.2) is 33.6 Å². The zero-order chi connectivity index (χ0) is 17.5. The van der Waals surface area contributed by atoms with Crippen molar-refractivity contribution in [1.29, 1.82) is 0 Å². The third-order valence-corrected chi connectivity index (χ3v) is 10.0. The number of hydrogen-bond donors (Lipinski definition) is 0. The van der Waals surface area contributed by atoms with Crippen molar-refractivity contribution >= 4 is 14.6 Å². The normalized spacial score (nSPS) is 25.3. The molecule has 0 aromatic carbocycles. The monoisotopic (exact) mass is 340 g/mol. The molecular formula is C18H32O4Si. The summed E-state index contributed by atoms with van der Waals surface area (Å²) in [6.07, 6.45) is 4.66. The quantitative estimate of drug-likeness (QED) is 0.566. The molecule has 0 saturated carbocycles. The first kappa shape index (κ1) is 18.7. The molecular weight excluding hydrogens is 308 g/mol. The van der Waals surface area contributed by atoms with E-state index in [0.29, 0.717) is 13.2 Å². The molecule has 0 radical (unpaired) electrons. The van der Waals surface area contributed by atoms with Gasteiger partial charge in [0.2, 0.25) is 8.32 Å². The van der Waals surface area contributed by atoms with Gasteiger partial charge in [0.15, 0.2) is 5.79 Å². The molecule has 23 heavy (non-hydrogen) atoms. The van der Waals surface area contributed by atoms with Crippen molar-refractivity contribution < 1.29 is 18.7 Å². The smallest absolute Gasteiger partial charge is 0.250 e. The Morgan fingerprint density at radius 1 is 1.22 bits per heavy atom. The molecule has 1 aliphatic carbocycles. The average Bonchev–Trinajstić information content (AvgIpc) is 2.88. The van der Waals surface area contributed by atoms with Crippen LogP contribution < -0.4 is 0 Å². The number of aldehydes is 1. The van der Waals surface area contributed by atoms with Crippen LogP contribution in [0.15, 0.2) is 11.8 Å². The Balaban J connectivity index is 2.31. The van der Waals surface area contributed by atoms with E-state index in [1.165, 1.54) is 0 Å². The molecule has 132 valence electrons. The molecule has 4 nitrogen and oxygen atoms in total. The van der Waals surface area contributed by atoms with Crippen LogP contribution in [0.25, 0.3) is 0 Å². The Hall–Kier alpha value is -0.653. The molecule has 1 heterocycles. The molecule has 5 heteroatoms. The van der Waals surface area contributed by atoms with Crippen LogP contribution in [0.5, 0.6) is 0 Å². The second-order valence-electron chi connectivity index (χ2n) is 8.92. The van der Waals surface area contributed by atoms with E-state index in [0.717, 1.165) is 24.9 Å². The van der Waals surface area contributed by atoms with E-state index in [9.17, 15) is 4.79 Å². The Kier molecular flexibility index (Phi) is 4.88. The molecule has 1 fully saturated rings. The predicted molar refractivity (Wildman–Crippen MR) is 93.6 cm³/mol. The SMILES string of the molecule is CC(C)(C=O)C1C=C(O[Si](C)(C)C(C)(C)C)CCC12OCCO2. The van der Waals surface area contributed by atoms with Gasteiger partial charge in [-0.15, -0.1) is 0 Å². The second kappa shape index (κ2) is 6.01. The highest BCUT2D eigenvalue weighted by Gasteiger charge is 2.52. The Morgan fingerprint density at radius 3 is 2.26 bits per heavy atom. The number of hydrogen-bond acceptors (Lipinski definition) is 4. The summed E-state index contributed by atoms with van der Waals surface area (Å²) in [5.74, 6) is 0.217. The van der Waals surface area contributed by atoms with Crippen LogP contribution in [0.3, 0.4) is 0 Å². The number of ether oxygens (including phenoxy) is 2. The van der Waals surface area contributed by atoms with Gasteiger partial charge in [-0.1, -0.05) is 34.6 Å². The van der Waals surface area contributed by atoms with Gasteiger partial charge in [-0.05, 0) is 24.2 Å². The Morgan fingerprint density at radius 2 is 1.78 bits per heavy atom. The molecule has 1 saturated heterocycles. The molecule has 1 spiro atoms. The topological polar surface area (TPSA) is 44.8 Å². The van der Waals surface area contributed by atoms with E-state index in [-0.39, 0.29) is 11.0 Å². The van der Waals surface area contributed by atoms with Gasteiger partial charge in [-0.2, -0.15) is 0 Å². The van der Waals surface area contributed by atoms with Crippen molar-refractivity contribution in [1.82, 2.24) is 0 Å². The van der Waals surface area contributed by atoms with Crippen molar-refractivity contribution in [3.05, 3.63) is 11.8 Å². The maximum atomic E-state index is 11.6. The standard InChI is InChI=1S/C18H32O4Si/c1-16(2,3)23(6,7)22-14-8-9-18(20-10-11-21-18)15(12-14)17(4,5)13-19/h12-13,15H,8-11H2,1-7H3. The van der Waals surface area contributed by atoms with Crippen molar-refractivity contribution in [2.45, 2.75) is 71.4 Å². The third kappa shape index (κ3) is 3.56. The maximum absolute atomic E-state index is 11.6. The van der Waals surface area contributed by atoms with Crippen LogP contribution in [-0.2, 0) is 18.7 Å². The van der Waals surface area contributed by atoms with Gasteiger partial charge in [0, 0.05) is 24.2 Å². The molecule has 0 amide bonds. The molecule has 0 aromatic rings. The summed E-state index contributed by atoms with van der Waals surface area (Å²) in [5, 5.41) is 0.152.